The van der Waals surface area contributed by atoms with E-state index < -0.39 is 10.4 Å². The molecule has 0 bridgehead atoms. The number of thioether (sulfide) groups is 1. The largest absolute Gasteiger partial charge is 0.394 e. The van der Waals surface area contributed by atoms with E-state index in [2.05, 4.69) is 5.32 Å². The first kappa shape index (κ1) is 21.2. The first-order valence-electron chi connectivity index (χ1n) is 7.40. The number of hydrogen-bond donors (Lipinski definition) is 5. The maximum Gasteiger partial charge on any atom is 0.394 e. The van der Waals surface area contributed by atoms with E-state index >= 15 is 0 Å². The molecular weight excluding hydrogens is 368 g/mol. The lowest BCUT2D eigenvalue weighted by molar-refractivity contribution is -0.129. The molecule has 1 fully saturated rings. The van der Waals surface area contributed by atoms with Crippen LogP contribution in [0.25, 0.3) is 0 Å². The molecule has 2 rings (SSSR count). The number of benzene rings is 1. The van der Waals surface area contributed by atoms with Crippen LogP contribution in [-0.2, 0) is 21.6 Å². The second-order valence-electron chi connectivity index (χ2n) is 5.23. The topological polar surface area (TPSA) is 157 Å². The molecule has 0 aromatic heterocycles. The van der Waals surface area contributed by atoms with Gasteiger partial charge in [-0.25, -0.2) is 0 Å². The molecule has 0 unspecified atom stereocenters. The normalized spacial score (nSPS) is 13.8. The number of carbonyl (C=O) groups is 1. The Kier molecular flexibility index (Phi) is 8.69. The summed E-state index contributed by atoms with van der Waals surface area (Å²) in [6.45, 7) is 0.898. The van der Waals surface area contributed by atoms with Crippen LogP contribution in [-0.4, -0.2) is 52.5 Å². The van der Waals surface area contributed by atoms with E-state index in [1.54, 1.807) is 0 Å². The van der Waals surface area contributed by atoms with Gasteiger partial charge < -0.3 is 16.0 Å². The second kappa shape index (κ2) is 10.2. The zero-order valence-corrected chi connectivity index (χ0v) is 15.1. The molecule has 25 heavy (non-hydrogen) atoms. The van der Waals surface area contributed by atoms with E-state index in [4.69, 9.17) is 28.7 Å². The molecule has 0 spiro atoms. The predicted molar refractivity (Wildman–Crippen MR) is 98.1 cm³/mol. The molecule has 140 valence electrons. The number of amides is 1. The first-order chi connectivity index (χ1) is 11.6. The summed E-state index contributed by atoms with van der Waals surface area (Å²) in [7, 11) is -4.67. The van der Waals surface area contributed by atoms with Gasteiger partial charge in [0.2, 0.25) is 5.91 Å². The van der Waals surface area contributed by atoms with E-state index in [1.807, 2.05) is 40.9 Å². The van der Waals surface area contributed by atoms with Gasteiger partial charge in [-0.1, -0.05) is 12.1 Å². The number of nitrogens with zero attached hydrogens (tertiary/aromatic N) is 1. The fourth-order valence-corrected chi connectivity index (χ4v) is 3.09. The van der Waals surface area contributed by atoms with Crippen molar-refractivity contribution in [3.05, 3.63) is 29.8 Å². The van der Waals surface area contributed by atoms with Crippen molar-refractivity contribution in [2.24, 2.45) is 5.73 Å². The number of aryl methyl sites for hydroxylation is 1. The summed E-state index contributed by atoms with van der Waals surface area (Å²) in [6.07, 6.45) is 2.39. The van der Waals surface area contributed by atoms with Crippen molar-refractivity contribution in [3.63, 3.8) is 0 Å². The number of nitrogens with one attached hydrogen (secondary N) is 2. The molecule has 1 aromatic carbocycles. The molecule has 9 nitrogen and oxygen atoms in total. The Hall–Kier alpha value is -1.82. The zero-order chi connectivity index (χ0) is 18.9. The Morgan fingerprint density at radius 3 is 2.40 bits per heavy atom. The van der Waals surface area contributed by atoms with Gasteiger partial charge in [0.25, 0.3) is 0 Å². The lowest BCUT2D eigenvalue weighted by atomic mass is 10.1. The smallest absolute Gasteiger partial charge is 0.370 e. The van der Waals surface area contributed by atoms with E-state index in [9.17, 15) is 4.79 Å². The van der Waals surface area contributed by atoms with Crippen LogP contribution < -0.4 is 11.1 Å². The minimum Gasteiger partial charge on any atom is -0.370 e. The monoisotopic (exact) mass is 390 g/mol. The van der Waals surface area contributed by atoms with Crippen molar-refractivity contribution < 1.29 is 22.3 Å². The van der Waals surface area contributed by atoms with E-state index in [0.29, 0.717) is 6.42 Å². The fourth-order valence-electron chi connectivity index (χ4n) is 2.12. The van der Waals surface area contributed by atoms with Gasteiger partial charge >= 0.3 is 10.4 Å². The van der Waals surface area contributed by atoms with Crippen molar-refractivity contribution in [2.45, 2.75) is 19.3 Å². The molecule has 1 aliphatic heterocycles. The number of nitrogens with two attached hydrogens (primary N) is 1. The van der Waals surface area contributed by atoms with Crippen LogP contribution in [0.5, 0.6) is 0 Å². The number of anilines is 1. The Balaban J connectivity index is 0.000000550. The zero-order valence-electron chi connectivity index (χ0n) is 13.5. The van der Waals surface area contributed by atoms with Gasteiger partial charge in [-0.3, -0.25) is 19.3 Å². The average molecular weight is 390 g/mol. The summed E-state index contributed by atoms with van der Waals surface area (Å²) in [5.41, 5.74) is 7.27. The molecule has 11 heteroatoms. The molecule has 0 radical (unpaired) electrons. The Morgan fingerprint density at radius 2 is 1.92 bits per heavy atom. The first-order valence-corrected chi connectivity index (χ1v) is 9.95. The second-order valence-corrected chi connectivity index (χ2v) is 7.20. The highest BCUT2D eigenvalue weighted by atomic mass is 32.3. The quantitative estimate of drug-likeness (QED) is 0.285. The molecule has 1 saturated heterocycles. The van der Waals surface area contributed by atoms with Crippen LogP contribution in [0.4, 0.5) is 5.69 Å². The van der Waals surface area contributed by atoms with Gasteiger partial charge in [0.1, 0.15) is 0 Å². The Morgan fingerprint density at radius 1 is 1.32 bits per heavy atom. The third-order valence-corrected chi connectivity index (χ3v) is 4.16. The summed E-state index contributed by atoms with van der Waals surface area (Å²) < 4.78 is 31.6. The fraction of sp³-hybridized carbons (Fsp3) is 0.429. The maximum absolute atomic E-state index is 11.9. The van der Waals surface area contributed by atoms with Gasteiger partial charge in [0, 0.05) is 24.4 Å². The maximum atomic E-state index is 11.9. The SMILES string of the molecule is N=C(N)Nc1ccc(CCCC(=O)N2CCSC2)cc1.O=S(=O)(O)O. The van der Waals surface area contributed by atoms with Crippen LogP contribution in [0.3, 0.4) is 0 Å². The van der Waals surface area contributed by atoms with Crippen molar-refractivity contribution >= 4 is 39.7 Å². The summed E-state index contributed by atoms with van der Waals surface area (Å²) in [5.74, 6) is 2.12. The highest BCUT2D eigenvalue weighted by Gasteiger charge is 2.17. The van der Waals surface area contributed by atoms with E-state index in [0.717, 1.165) is 36.7 Å². The minimum absolute atomic E-state index is 0.0631. The van der Waals surface area contributed by atoms with Crippen LogP contribution in [0.1, 0.15) is 18.4 Å². The number of hydrogen-bond acceptors (Lipinski definition) is 5. The van der Waals surface area contributed by atoms with Crippen LogP contribution >= 0.6 is 11.8 Å². The summed E-state index contributed by atoms with van der Waals surface area (Å²) in [4.78, 5) is 13.8. The summed E-state index contributed by atoms with van der Waals surface area (Å²) in [6, 6.07) is 7.80. The number of guanidine groups is 1. The van der Waals surface area contributed by atoms with Crippen LogP contribution in [0, 0.1) is 5.41 Å². The molecule has 1 amide bonds. The molecule has 6 N–H and O–H groups in total. The molecule has 1 heterocycles. The van der Waals surface area contributed by atoms with Gasteiger partial charge in [0.15, 0.2) is 5.96 Å². The highest BCUT2D eigenvalue weighted by Crippen LogP contribution is 2.16. The summed E-state index contributed by atoms with van der Waals surface area (Å²) in [5, 5.41) is 9.89. The molecule has 1 aliphatic rings. The Labute approximate surface area is 151 Å². The molecule has 0 aliphatic carbocycles. The third-order valence-electron chi connectivity index (χ3n) is 3.19. The van der Waals surface area contributed by atoms with Gasteiger partial charge in [-0.2, -0.15) is 8.42 Å². The van der Waals surface area contributed by atoms with Crippen molar-refractivity contribution in [2.75, 3.05) is 23.5 Å². The number of carbonyl (C=O) groups excluding carboxylic acids is 1. The van der Waals surface area contributed by atoms with Crippen molar-refractivity contribution in [1.29, 1.82) is 5.41 Å². The molecule has 0 saturated carbocycles. The van der Waals surface area contributed by atoms with Crippen molar-refractivity contribution in [3.8, 4) is 0 Å². The Bertz CT molecular complexity index is 665. The van der Waals surface area contributed by atoms with E-state index in [-0.39, 0.29) is 11.9 Å². The summed E-state index contributed by atoms with van der Waals surface area (Å²) >= 11 is 1.82. The predicted octanol–water partition coefficient (Wildman–Crippen LogP) is 1.19. The standard InChI is InChI=1S/C14H20N4OS.H2O4S/c15-14(16)17-12-6-4-11(5-7-12)2-1-3-13(19)18-8-9-20-10-18;1-5(2,3)4/h4-7H,1-3,8-10H2,(H4,15,16,17);(H2,1,2,3,4). The van der Waals surface area contributed by atoms with E-state index in [1.165, 1.54) is 5.56 Å². The van der Waals surface area contributed by atoms with Gasteiger partial charge in [-0.15, -0.1) is 11.8 Å². The number of rotatable bonds is 5. The molecule has 0 atom stereocenters. The highest BCUT2D eigenvalue weighted by molar-refractivity contribution is 7.99. The van der Waals surface area contributed by atoms with Crippen LogP contribution in [0.2, 0.25) is 0 Å². The van der Waals surface area contributed by atoms with Crippen molar-refractivity contribution in [1.82, 2.24) is 4.90 Å². The average Bonchev–Trinajstić information content (AvgIpc) is 3.01. The lowest BCUT2D eigenvalue weighted by Gasteiger charge is -2.14. The molecular formula is C14H22N4O5S2. The third kappa shape index (κ3) is 10.6. The minimum atomic E-state index is -4.67. The van der Waals surface area contributed by atoms with Gasteiger partial charge in [-0.05, 0) is 30.5 Å². The molecule has 1 aromatic rings. The lowest BCUT2D eigenvalue weighted by Crippen LogP contribution is -2.27. The van der Waals surface area contributed by atoms with Crippen LogP contribution in [0.15, 0.2) is 24.3 Å². The van der Waals surface area contributed by atoms with Gasteiger partial charge in [0.05, 0.1) is 5.88 Å².